The first-order valence-corrected chi connectivity index (χ1v) is 7.77. The van der Waals surface area contributed by atoms with Gasteiger partial charge in [0, 0.05) is 17.7 Å². The van der Waals surface area contributed by atoms with Gasteiger partial charge in [-0.2, -0.15) is 0 Å². The Kier molecular flexibility index (Phi) is 3.49. The molecule has 4 rings (SSSR count). The van der Waals surface area contributed by atoms with Gasteiger partial charge in [-0.25, -0.2) is 9.37 Å². The van der Waals surface area contributed by atoms with Gasteiger partial charge in [-0.15, -0.1) is 0 Å². The Balaban J connectivity index is 1.91. The quantitative estimate of drug-likeness (QED) is 0.732. The largest absolute Gasteiger partial charge is 0.493 e. The molecule has 1 aliphatic heterocycles. The molecule has 1 aromatic heterocycles. The molecule has 24 heavy (non-hydrogen) atoms. The highest BCUT2D eigenvalue weighted by Gasteiger charge is 2.24. The molecule has 0 spiro atoms. The molecule has 0 amide bonds. The van der Waals surface area contributed by atoms with Crippen LogP contribution in [0.15, 0.2) is 42.7 Å². The van der Waals surface area contributed by atoms with Crippen LogP contribution in [-0.4, -0.2) is 23.8 Å². The summed E-state index contributed by atoms with van der Waals surface area (Å²) in [5, 5.41) is 0. The molecule has 2 heterocycles. The van der Waals surface area contributed by atoms with Gasteiger partial charge < -0.3 is 14.0 Å². The lowest BCUT2D eigenvalue weighted by atomic mass is 9.94. The Morgan fingerprint density at radius 1 is 1.04 bits per heavy atom. The topological polar surface area (TPSA) is 36.3 Å². The van der Waals surface area contributed by atoms with Crippen LogP contribution < -0.4 is 9.47 Å². The van der Waals surface area contributed by atoms with E-state index in [0.717, 1.165) is 41.2 Å². The number of hydrogen-bond donors (Lipinski definition) is 0. The van der Waals surface area contributed by atoms with Crippen LogP contribution in [0.25, 0.3) is 22.5 Å². The van der Waals surface area contributed by atoms with Crippen LogP contribution in [0.1, 0.15) is 5.56 Å². The summed E-state index contributed by atoms with van der Waals surface area (Å²) in [5.74, 6) is 1.17. The third kappa shape index (κ3) is 2.24. The third-order valence-electron chi connectivity index (χ3n) is 4.44. The Hall–Kier alpha value is -2.82. The number of aryl methyl sites for hydroxylation is 2. The van der Waals surface area contributed by atoms with Crippen LogP contribution in [0, 0.1) is 5.82 Å². The summed E-state index contributed by atoms with van der Waals surface area (Å²) in [4.78, 5) is 4.56. The van der Waals surface area contributed by atoms with Crippen molar-refractivity contribution in [3.05, 3.63) is 54.1 Å². The number of aromatic nitrogens is 2. The van der Waals surface area contributed by atoms with Crippen molar-refractivity contribution in [3.63, 3.8) is 0 Å². The number of fused-ring (bicyclic) bond motifs is 3. The predicted molar refractivity (Wildman–Crippen MR) is 89.9 cm³/mol. The summed E-state index contributed by atoms with van der Waals surface area (Å²) in [6.45, 7) is 0.853. The monoisotopic (exact) mass is 324 g/mol. The van der Waals surface area contributed by atoms with Gasteiger partial charge >= 0.3 is 0 Å². The molecule has 0 atom stereocenters. The van der Waals surface area contributed by atoms with Crippen molar-refractivity contribution in [2.24, 2.45) is 0 Å². The molecule has 0 fully saturated rings. The van der Waals surface area contributed by atoms with E-state index < -0.39 is 0 Å². The fourth-order valence-electron chi connectivity index (χ4n) is 3.24. The van der Waals surface area contributed by atoms with E-state index in [1.54, 1.807) is 26.4 Å². The van der Waals surface area contributed by atoms with Gasteiger partial charge in [0.05, 0.1) is 31.9 Å². The van der Waals surface area contributed by atoms with E-state index >= 15 is 0 Å². The normalized spacial score (nSPS) is 12.5. The number of hydrogen-bond acceptors (Lipinski definition) is 3. The van der Waals surface area contributed by atoms with Crippen LogP contribution >= 0.6 is 0 Å². The van der Waals surface area contributed by atoms with Gasteiger partial charge in [0.1, 0.15) is 5.82 Å². The molecule has 0 aliphatic carbocycles. The molecule has 0 N–H and O–H groups in total. The van der Waals surface area contributed by atoms with Gasteiger partial charge in [-0.1, -0.05) is 0 Å². The molecule has 4 nitrogen and oxygen atoms in total. The summed E-state index contributed by atoms with van der Waals surface area (Å²) >= 11 is 0. The second kappa shape index (κ2) is 5.67. The Labute approximate surface area is 139 Å². The fourth-order valence-corrected chi connectivity index (χ4v) is 3.24. The van der Waals surface area contributed by atoms with Gasteiger partial charge in [0.25, 0.3) is 0 Å². The van der Waals surface area contributed by atoms with Crippen molar-refractivity contribution < 1.29 is 13.9 Å². The van der Waals surface area contributed by atoms with Crippen molar-refractivity contribution in [1.82, 2.24) is 9.55 Å². The first-order chi connectivity index (χ1) is 11.7. The zero-order valence-electron chi connectivity index (χ0n) is 13.5. The van der Waals surface area contributed by atoms with E-state index in [1.807, 2.05) is 18.5 Å². The summed E-state index contributed by atoms with van der Waals surface area (Å²) in [5.41, 5.74) is 5.06. The lowest BCUT2D eigenvalue weighted by molar-refractivity contribution is 0.354. The maximum Gasteiger partial charge on any atom is 0.161 e. The lowest BCUT2D eigenvalue weighted by Gasteiger charge is -2.22. The van der Waals surface area contributed by atoms with Crippen molar-refractivity contribution >= 4 is 0 Å². The third-order valence-corrected chi connectivity index (χ3v) is 4.44. The van der Waals surface area contributed by atoms with Gasteiger partial charge in [-0.05, 0) is 48.4 Å². The minimum Gasteiger partial charge on any atom is -0.493 e. The maximum absolute atomic E-state index is 13.2. The van der Waals surface area contributed by atoms with Crippen molar-refractivity contribution in [2.75, 3.05) is 14.2 Å². The molecule has 0 unspecified atom stereocenters. The number of halogens is 1. The smallest absolute Gasteiger partial charge is 0.161 e. The number of imidazole rings is 1. The molecule has 0 radical (unpaired) electrons. The van der Waals surface area contributed by atoms with Crippen LogP contribution in [0.4, 0.5) is 4.39 Å². The maximum atomic E-state index is 13.2. The molecule has 122 valence electrons. The lowest BCUT2D eigenvalue weighted by Crippen LogP contribution is -2.10. The van der Waals surface area contributed by atoms with Crippen LogP contribution in [-0.2, 0) is 13.0 Å². The summed E-state index contributed by atoms with van der Waals surface area (Å²) in [6.07, 6.45) is 2.75. The van der Waals surface area contributed by atoms with E-state index in [0.29, 0.717) is 5.75 Å². The second-order valence-corrected chi connectivity index (χ2v) is 5.76. The van der Waals surface area contributed by atoms with Crippen LogP contribution in [0.5, 0.6) is 11.5 Å². The highest BCUT2D eigenvalue weighted by Crippen LogP contribution is 2.41. The minimum atomic E-state index is -0.251. The highest BCUT2D eigenvalue weighted by molar-refractivity contribution is 5.82. The number of methoxy groups -OCH3 is 2. The van der Waals surface area contributed by atoms with E-state index in [9.17, 15) is 4.39 Å². The van der Waals surface area contributed by atoms with Crippen LogP contribution in [0.3, 0.4) is 0 Å². The van der Waals surface area contributed by atoms with E-state index in [1.165, 1.54) is 17.7 Å². The molecule has 0 bridgehead atoms. The average molecular weight is 324 g/mol. The molecule has 1 aliphatic rings. The first kappa shape index (κ1) is 14.8. The number of rotatable bonds is 3. The number of nitrogens with zero attached hydrogens (tertiary/aromatic N) is 2. The van der Waals surface area contributed by atoms with Crippen molar-refractivity contribution in [1.29, 1.82) is 0 Å². The van der Waals surface area contributed by atoms with Crippen LogP contribution in [0.2, 0.25) is 0 Å². The molecule has 3 aromatic rings. The molecular weight excluding hydrogens is 307 g/mol. The van der Waals surface area contributed by atoms with Crippen molar-refractivity contribution in [2.45, 2.75) is 13.0 Å². The summed E-state index contributed by atoms with van der Waals surface area (Å²) in [7, 11) is 3.27. The van der Waals surface area contributed by atoms with Crippen molar-refractivity contribution in [3.8, 4) is 34.0 Å². The zero-order chi connectivity index (χ0) is 16.7. The zero-order valence-corrected chi connectivity index (χ0v) is 13.5. The minimum absolute atomic E-state index is 0.251. The summed E-state index contributed by atoms with van der Waals surface area (Å²) < 4.78 is 26.2. The Bertz CT molecular complexity index is 900. The van der Waals surface area contributed by atoms with Gasteiger partial charge in [0.2, 0.25) is 0 Å². The van der Waals surface area contributed by atoms with E-state index in [-0.39, 0.29) is 5.82 Å². The summed E-state index contributed by atoms with van der Waals surface area (Å²) in [6, 6.07) is 10.5. The van der Waals surface area contributed by atoms with E-state index in [4.69, 9.17) is 9.47 Å². The molecule has 5 heteroatoms. The van der Waals surface area contributed by atoms with Gasteiger partial charge in [-0.3, -0.25) is 0 Å². The molecule has 0 saturated heterocycles. The standard InChI is InChI=1S/C19H17FN2O2/c1-23-16-9-13-7-8-22-11-21-18(12-3-5-14(20)6-4-12)19(22)15(13)10-17(16)24-2/h3-6,9-11H,7-8H2,1-2H3. The number of ether oxygens (including phenoxy) is 2. The Morgan fingerprint density at radius 3 is 2.46 bits per heavy atom. The molecule has 2 aromatic carbocycles. The SMILES string of the molecule is COc1cc2c(cc1OC)-c1c(-c3ccc(F)cc3)ncn1CC2. The first-order valence-electron chi connectivity index (χ1n) is 7.77. The second-order valence-electron chi connectivity index (χ2n) is 5.76. The molecule has 0 saturated carbocycles. The van der Waals surface area contributed by atoms with E-state index in [2.05, 4.69) is 9.55 Å². The predicted octanol–water partition coefficient (Wildman–Crippen LogP) is 3.93. The Morgan fingerprint density at radius 2 is 1.75 bits per heavy atom. The van der Waals surface area contributed by atoms with Gasteiger partial charge in [0.15, 0.2) is 11.5 Å². The molecular formula is C19H17FN2O2. The number of benzene rings is 2. The average Bonchev–Trinajstić information content (AvgIpc) is 3.05. The highest BCUT2D eigenvalue weighted by atomic mass is 19.1. The fraction of sp³-hybridized carbons (Fsp3) is 0.211.